The van der Waals surface area contributed by atoms with E-state index in [1.165, 1.54) is 11.3 Å². The molecule has 4 N–H and O–H groups in total. The van der Waals surface area contributed by atoms with E-state index in [4.69, 9.17) is 11.5 Å². The fraction of sp³-hybridized carbons (Fsp3) is 0. The molecule has 0 radical (unpaired) electrons. The largest absolute Gasteiger partial charge is 1.00 e. The van der Waals surface area contributed by atoms with Gasteiger partial charge >= 0.3 is 0 Å². The molecule has 22 heavy (non-hydrogen) atoms. The van der Waals surface area contributed by atoms with Gasteiger partial charge in [-0.3, -0.25) is 0 Å². The first-order valence-corrected chi connectivity index (χ1v) is 7.27. The zero-order chi connectivity index (χ0) is 14.7. The molecule has 0 saturated heterocycles. The maximum atomic E-state index is 5.46. The molecular weight excluding hydrogens is 316 g/mol. The van der Waals surface area contributed by atoms with Crippen LogP contribution in [0.3, 0.4) is 0 Å². The SMILES string of the molecule is NC(N)=Nc1nc(-c2ccccc2)c(-c2ccccc2)s1.[Cl-]. The Hall–Kier alpha value is -2.37. The molecule has 2 aromatic carbocycles. The summed E-state index contributed by atoms with van der Waals surface area (Å²) in [5, 5.41) is 0.563. The predicted octanol–water partition coefficient (Wildman–Crippen LogP) is 0.386. The summed E-state index contributed by atoms with van der Waals surface area (Å²) in [7, 11) is 0. The quantitative estimate of drug-likeness (QED) is 0.539. The van der Waals surface area contributed by atoms with Crippen LogP contribution in [0.2, 0.25) is 0 Å². The van der Waals surface area contributed by atoms with Crippen LogP contribution in [0.15, 0.2) is 65.7 Å². The number of rotatable bonds is 3. The second-order valence-corrected chi connectivity index (χ2v) is 5.42. The van der Waals surface area contributed by atoms with Crippen molar-refractivity contribution < 1.29 is 12.4 Å². The molecular formula is C16H14ClN4S-. The number of benzene rings is 2. The summed E-state index contributed by atoms with van der Waals surface area (Å²) < 4.78 is 0. The highest BCUT2D eigenvalue weighted by Crippen LogP contribution is 2.39. The van der Waals surface area contributed by atoms with Gasteiger partial charge in [-0.1, -0.05) is 72.0 Å². The van der Waals surface area contributed by atoms with E-state index in [1.807, 2.05) is 48.5 Å². The Bertz CT molecular complexity index is 708. The third kappa shape index (κ3) is 3.44. The molecule has 112 valence electrons. The summed E-state index contributed by atoms with van der Waals surface area (Å²) in [5.41, 5.74) is 14.0. The number of hydrogen-bond acceptors (Lipinski definition) is 3. The molecule has 3 aromatic rings. The second-order valence-electron chi connectivity index (χ2n) is 4.44. The Morgan fingerprint density at radius 3 is 1.95 bits per heavy atom. The van der Waals surface area contributed by atoms with Crippen LogP contribution in [-0.4, -0.2) is 10.9 Å². The van der Waals surface area contributed by atoms with E-state index in [0.29, 0.717) is 5.13 Å². The Labute approximate surface area is 138 Å². The molecule has 0 unspecified atom stereocenters. The monoisotopic (exact) mass is 329 g/mol. The van der Waals surface area contributed by atoms with E-state index in [2.05, 4.69) is 22.1 Å². The lowest BCUT2D eigenvalue weighted by atomic mass is 10.1. The normalized spacial score (nSPS) is 9.82. The molecule has 0 aliphatic rings. The van der Waals surface area contributed by atoms with Gasteiger partial charge in [0.1, 0.15) is 0 Å². The van der Waals surface area contributed by atoms with Crippen LogP contribution in [-0.2, 0) is 0 Å². The van der Waals surface area contributed by atoms with E-state index in [-0.39, 0.29) is 18.4 Å². The first-order chi connectivity index (χ1) is 10.2. The van der Waals surface area contributed by atoms with Crippen molar-refractivity contribution in [1.82, 2.24) is 4.98 Å². The van der Waals surface area contributed by atoms with Crippen molar-refractivity contribution in [3.63, 3.8) is 0 Å². The van der Waals surface area contributed by atoms with E-state index in [0.717, 1.165) is 21.7 Å². The van der Waals surface area contributed by atoms with Gasteiger partial charge in [0.2, 0.25) is 5.13 Å². The van der Waals surface area contributed by atoms with Crippen molar-refractivity contribution in [3.8, 4) is 21.7 Å². The molecule has 0 saturated carbocycles. The molecule has 3 rings (SSSR count). The summed E-state index contributed by atoms with van der Waals surface area (Å²) in [5.74, 6) is 0.0166. The van der Waals surface area contributed by atoms with Gasteiger partial charge in [-0.25, -0.2) is 4.98 Å². The van der Waals surface area contributed by atoms with Gasteiger partial charge in [-0.05, 0) is 5.56 Å². The number of guanidine groups is 1. The van der Waals surface area contributed by atoms with E-state index < -0.39 is 0 Å². The zero-order valence-electron chi connectivity index (χ0n) is 11.6. The lowest BCUT2D eigenvalue weighted by Crippen LogP contribution is -3.00. The van der Waals surface area contributed by atoms with Gasteiger partial charge in [0.15, 0.2) is 5.96 Å². The van der Waals surface area contributed by atoms with Crippen molar-refractivity contribution in [2.24, 2.45) is 16.5 Å². The predicted molar refractivity (Wildman–Crippen MR) is 88.5 cm³/mol. The van der Waals surface area contributed by atoms with Crippen LogP contribution >= 0.6 is 11.3 Å². The van der Waals surface area contributed by atoms with Gasteiger partial charge in [0.05, 0.1) is 10.6 Å². The van der Waals surface area contributed by atoms with Gasteiger partial charge in [0, 0.05) is 5.56 Å². The number of aromatic nitrogens is 1. The minimum atomic E-state index is 0. The molecule has 0 spiro atoms. The third-order valence-corrected chi connectivity index (χ3v) is 3.92. The van der Waals surface area contributed by atoms with Crippen molar-refractivity contribution in [3.05, 3.63) is 60.7 Å². The minimum Gasteiger partial charge on any atom is -1.00 e. The summed E-state index contributed by atoms with van der Waals surface area (Å²) in [6.45, 7) is 0. The van der Waals surface area contributed by atoms with E-state index >= 15 is 0 Å². The first kappa shape index (κ1) is 16.0. The van der Waals surface area contributed by atoms with Crippen LogP contribution in [0.1, 0.15) is 0 Å². The number of thiazole rings is 1. The number of halogens is 1. The average molecular weight is 330 g/mol. The number of nitrogens with two attached hydrogens (primary N) is 2. The Morgan fingerprint density at radius 1 is 0.864 bits per heavy atom. The van der Waals surface area contributed by atoms with Crippen molar-refractivity contribution in [2.45, 2.75) is 0 Å². The molecule has 0 amide bonds. The van der Waals surface area contributed by atoms with Crippen molar-refractivity contribution in [2.75, 3.05) is 0 Å². The fourth-order valence-corrected chi connectivity index (χ4v) is 3.03. The van der Waals surface area contributed by atoms with Crippen molar-refractivity contribution in [1.29, 1.82) is 0 Å². The van der Waals surface area contributed by atoms with E-state index in [1.54, 1.807) is 0 Å². The number of nitrogens with zero attached hydrogens (tertiary/aromatic N) is 2. The molecule has 6 heteroatoms. The molecule has 0 aliphatic carbocycles. The topological polar surface area (TPSA) is 77.3 Å². The summed E-state index contributed by atoms with van der Waals surface area (Å²) in [4.78, 5) is 9.70. The molecule has 1 heterocycles. The van der Waals surface area contributed by atoms with Crippen LogP contribution in [0.5, 0.6) is 0 Å². The first-order valence-electron chi connectivity index (χ1n) is 6.45. The highest BCUT2D eigenvalue weighted by molar-refractivity contribution is 7.19. The zero-order valence-corrected chi connectivity index (χ0v) is 13.2. The highest BCUT2D eigenvalue weighted by Gasteiger charge is 2.14. The third-order valence-electron chi connectivity index (χ3n) is 2.92. The van der Waals surface area contributed by atoms with Crippen LogP contribution in [0.25, 0.3) is 21.7 Å². The van der Waals surface area contributed by atoms with Gasteiger partial charge < -0.3 is 23.9 Å². The maximum absolute atomic E-state index is 5.46. The average Bonchev–Trinajstić information content (AvgIpc) is 2.92. The summed E-state index contributed by atoms with van der Waals surface area (Å²) in [6, 6.07) is 20.1. The summed E-state index contributed by atoms with van der Waals surface area (Å²) in [6.07, 6.45) is 0. The number of aliphatic imine (C=N–C) groups is 1. The fourth-order valence-electron chi connectivity index (χ4n) is 2.04. The maximum Gasteiger partial charge on any atom is 0.213 e. The van der Waals surface area contributed by atoms with Gasteiger partial charge in [-0.15, -0.1) is 0 Å². The van der Waals surface area contributed by atoms with Gasteiger partial charge in [0.25, 0.3) is 0 Å². The van der Waals surface area contributed by atoms with Crippen LogP contribution < -0.4 is 23.9 Å². The lowest BCUT2D eigenvalue weighted by Gasteiger charge is -2.02. The minimum absolute atomic E-state index is 0. The molecule has 0 fully saturated rings. The molecule has 0 bridgehead atoms. The molecule has 4 nitrogen and oxygen atoms in total. The van der Waals surface area contributed by atoms with Gasteiger partial charge in [-0.2, -0.15) is 4.99 Å². The standard InChI is InChI=1S/C16H14N4S.ClH/c17-15(18)20-16-19-13(11-7-3-1-4-8-11)14(21-16)12-9-5-2-6-10-12;/h1-10H,(H4,17,18,19,20);1H/p-1. The summed E-state index contributed by atoms with van der Waals surface area (Å²) >= 11 is 1.48. The molecule has 1 aromatic heterocycles. The number of hydrogen-bond donors (Lipinski definition) is 2. The Kier molecular flexibility index (Phi) is 5.14. The lowest BCUT2D eigenvalue weighted by molar-refractivity contribution is -0.00000444. The molecule has 0 aliphatic heterocycles. The van der Waals surface area contributed by atoms with Crippen molar-refractivity contribution >= 4 is 22.4 Å². The molecule has 0 atom stereocenters. The highest BCUT2D eigenvalue weighted by atomic mass is 35.5. The Balaban J connectivity index is 0.00000176. The van der Waals surface area contributed by atoms with E-state index in [9.17, 15) is 0 Å². The van der Waals surface area contributed by atoms with Crippen LogP contribution in [0, 0.1) is 0 Å². The second kappa shape index (κ2) is 7.06. The van der Waals surface area contributed by atoms with Crippen LogP contribution in [0.4, 0.5) is 5.13 Å². The Morgan fingerprint density at radius 2 is 1.41 bits per heavy atom. The smallest absolute Gasteiger partial charge is 0.213 e.